The summed E-state index contributed by atoms with van der Waals surface area (Å²) < 4.78 is 6.47. The Morgan fingerprint density at radius 3 is 2.73 bits per heavy atom. The van der Waals surface area contributed by atoms with E-state index < -0.39 is 0 Å². The van der Waals surface area contributed by atoms with E-state index in [-0.39, 0.29) is 0 Å². The largest absolute Gasteiger partial charge is 0.476 e. The van der Waals surface area contributed by atoms with Crippen molar-refractivity contribution in [3.8, 4) is 17.0 Å². The molecule has 1 aromatic heterocycles. The first kappa shape index (κ1) is 10.2. The third kappa shape index (κ3) is 2.21. The summed E-state index contributed by atoms with van der Waals surface area (Å²) in [6, 6.07) is 8.05. The first-order valence-corrected chi connectivity index (χ1v) is 5.53. The average Bonchev–Trinajstić information content (AvgIpc) is 2.68. The highest BCUT2D eigenvalue weighted by Gasteiger charge is 2.08. The highest BCUT2D eigenvalue weighted by atomic mass is 79.9. The molecule has 15 heavy (non-hydrogen) atoms. The SMILES string of the molecule is CCOc1n[nH]cc1-c1ccc(Br)cc1. The molecule has 0 aliphatic heterocycles. The summed E-state index contributed by atoms with van der Waals surface area (Å²) in [5, 5.41) is 6.86. The van der Waals surface area contributed by atoms with Gasteiger partial charge in [-0.3, -0.25) is 5.10 Å². The predicted molar refractivity (Wildman–Crippen MR) is 62.9 cm³/mol. The van der Waals surface area contributed by atoms with E-state index in [1.807, 2.05) is 37.4 Å². The second-order valence-electron chi connectivity index (χ2n) is 3.04. The quantitative estimate of drug-likeness (QED) is 0.927. The molecule has 0 saturated heterocycles. The Balaban J connectivity index is 2.36. The van der Waals surface area contributed by atoms with Crippen molar-refractivity contribution < 1.29 is 4.74 Å². The minimum atomic E-state index is 0.619. The molecule has 0 fully saturated rings. The fourth-order valence-electron chi connectivity index (χ4n) is 1.36. The monoisotopic (exact) mass is 266 g/mol. The van der Waals surface area contributed by atoms with Gasteiger partial charge >= 0.3 is 0 Å². The van der Waals surface area contributed by atoms with Crippen LogP contribution in [0.5, 0.6) is 5.88 Å². The molecule has 1 N–H and O–H groups in total. The molecule has 3 nitrogen and oxygen atoms in total. The number of aromatic nitrogens is 2. The first-order valence-electron chi connectivity index (χ1n) is 4.73. The maximum absolute atomic E-state index is 5.41. The number of hydrogen-bond donors (Lipinski definition) is 1. The zero-order valence-corrected chi connectivity index (χ0v) is 9.91. The van der Waals surface area contributed by atoms with Crippen molar-refractivity contribution in [2.45, 2.75) is 6.92 Å². The van der Waals surface area contributed by atoms with Crippen LogP contribution in [0.25, 0.3) is 11.1 Å². The number of benzene rings is 1. The van der Waals surface area contributed by atoms with E-state index in [0.717, 1.165) is 15.6 Å². The van der Waals surface area contributed by atoms with Crippen LogP contribution in [0.4, 0.5) is 0 Å². The lowest BCUT2D eigenvalue weighted by Gasteiger charge is -2.02. The fraction of sp³-hybridized carbons (Fsp3) is 0.182. The van der Waals surface area contributed by atoms with Crippen LogP contribution in [0.1, 0.15) is 6.92 Å². The smallest absolute Gasteiger partial charge is 0.240 e. The summed E-state index contributed by atoms with van der Waals surface area (Å²) >= 11 is 3.40. The first-order chi connectivity index (χ1) is 7.31. The van der Waals surface area contributed by atoms with Gasteiger partial charge < -0.3 is 4.74 Å². The van der Waals surface area contributed by atoms with Crippen molar-refractivity contribution in [2.24, 2.45) is 0 Å². The molecule has 1 heterocycles. The molecule has 0 radical (unpaired) electrons. The number of hydrogen-bond acceptors (Lipinski definition) is 2. The van der Waals surface area contributed by atoms with Gasteiger partial charge in [0.25, 0.3) is 0 Å². The fourth-order valence-corrected chi connectivity index (χ4v) is 1.62. The van der Waals surface area contributed by atoms with Gasteiger partial charge in [0.2, 0.25) is 5.88 Å². The number of H-pyrrole nitrogens is 1. The summed E-state index contributed by atoms with van der Waals surface area (Å²) in [6.45, 7) is 2.56. The van der Waals surface area contributed by atoms with Crippen LogP contribution in [0.3, 0.4) is 0 Å². The van der Waals surface area contributed by atoms with E-state index in [1.54, 1.807) is 0 Å². The van der Waals surface area contributed by atoms with Crippen LogP contribution in [0.2, 0.25) is 0 Å². The summed E-state index contributed by atoms with van der Waals surface area (Å²) in [7, 11) is 0. The number of rotatable bonds is 3. The highest BCUT2D eigenvalue weighted by Crippen LogP contribution is 2.28. The van der Waals surface area contributed by atoms with Gasteiger partial charge in [0.05, 0.1) is 12.2 Å². The van der Waals surface area contributed by atoms with E-state index in [4.69, 9.17) is 4.74 Å². The van der Waals surface area contributed by atoms with Gasteiger partial charge in [-0.05, 0) is 24.6 Å². The van der Waals surface area contributed by atoms with E-state index in [0.29, 0.717) is 12.5 Å². The standard InChI is InChI=1S/C11H11BrN2O/c1-2-15-11-10(7-13-14-11)8-3-5-9(12)6-4-8/h3-7H,2H2,1H3,(H,13,14). The molecule has 0 unspecified atom stereocenters. The lowest BCUT2D eigenvalue weighted by molar-refractivity contribution is 0.327. The molecule has 4 heteroatoms. The van der Waals surface area contributed by atoms with Crippen LogP contribution < -0.4 is 4.74 Å². The third-order valence-electron chi connectivity index (χ3n) is 2.04. The minimum absolute atomic E-state index is 0.619. The van der Waals surface area contributed by atoms with Gasteiger partial charge in [-0.15, -0.1) is 5.10 Å². The van der Waals surface area contributed by atoms with Crippen molar-refractivity contribution in [3.05, 3.63) is 34.9 Å². The molecular formula is C11H11BrN2O. The van der Waals surface area contributed by atoms with Crippen LogP contribution in [-0.2, 0) is 0 Å². The third-order valence-corrected chi connectivity index (χ3v) is 2.57. The van der Waals surface area contributed by atoms with Crippen molar-refractivity contribution >= 4 is 15.9 Å². The molecule has 0 amide bonds. The highest BCUT2D eigenvalue weighted by molar-refractivity contribution is 9.10. The lowest BCUT2D eigenvalue weighted by Crippen LogP contribution is -1.93. The summed E-state index contributed by atoms with van der Waals surface area (Å²) in [6.07, 6.45) is 1.84. The van der Waals surface area contributed by atoms with Crippen molar-refractivity contribution in [2.75, 3.05) is 6.61 Å². The van der Waals surface area contributed by atoms with E-state index >= 15 is 0 Å². The maximum atomic E-state index is 5.41. The molecule has 1 aromatic carbocycles. The molecule has 2 rings (SSSR count). The van der Waals surface area contributed by atoms with E-state index in [9.17, 15) is 0 Å². The van der Waals surface area contributed by atoms with Gasteiger partial charge in [-0.2, -0.15) is 0 Å². The van der Waals surface area contributed by atoms with Crippen molar-refractivity contribution in [1.82, 2.24) is 10.2 Å². The molecule has 0 atom stereocenters. The zero-order valence-electron chi connectivity index (χ0n) is 8.33. The molecule has 0 bridgehead atoms. The normalized spacial score (nSPS) is 10.3. The van der Waals surface area contributed by atoms with Crippen LogP contribution in [0.15, 0.2) is 34.9 Å². The maximum Gasteiger partial charge on any atom is 0.240 e. The molecule has 2 aromatic rings. The van der Waals surface area contributed by atoms with Gasteiger partial charge in [0, 0.05) is 10.7 Å². The number of halogens is 1. The Morgan fingerprint density at radius 1 is 1.33 bits per heavy atom. The van der Waals surface area contributed by atoms with E-state index in [2.05, 4.69) is 26.1 Å². The van der Waals surface area contributed by atoms with Gasteiger partial charge in [0.15, 0.2) is 0 Å². The Labute approximate surface area is 96.6 Å². The average molecular weight is 267 g/mol. The van der Waals surface area contributed by atoms with Crippen molar-refractivity contribution in [1.29, 1.82) is 0 Å². The molecule has 78 valence electrons. The number of nitrogens with one attached hydrogen (secondary N) is 1. The lowest BCUT2D eigenvalue weighted by atomic mass is 10.1. The topological polar surface area (TPSA) is 37.9 Å². The number of nitrogens with zero attached hydrogens (tertiary/aromatic N) is 1. The minimum Gasteiger partial charge on any atom is -0.476 e. The number of aromatic amines is 1. The van der Waals surface area contributed by atoms with Crippen molar-refractivity contribution in [3.63, 3.8) is 0 Å². The van der Waals surface area contributed by atoms with E-state index in [1.165, 1.54) is 0 Å². The Hall–Kier alpha value is -1.29. The van der Waals surface area contributed by atoms with Gasteiger partial charge in [-0.25, -0.2) is 0 Å². The van der Waals surface area contributed by atoms with Gasteiger partial charge in [-0.1, -0.05) is 28.1 Å². The second-order valence-corrected chi connectivity index (χ2v) is 3.96. The zero-order chi connectivity index (χ0) is 10.7. The summed E-state index contributed by atoms with van der Waals surface area (Å²) in [5.74, 6) is 0.653. The van der Waals surface area contributed by atoms with Crippen LogP contribution in [0, 0.1) is 0 Å². The summed E-state index contributed by atoms with van der Waals surface area (Å²) in [5.41, 5.74) is 2.08. The Kier molecular flexibility index (Phi) is 3.06. The molecule has 0 aliphatic rings. The molecule has 0 spiro atoms. The summed E-state index contributed by atoms with van der Waals surface area (Å²) in [4.78, 5) is 0. The second kappa shape index (κ2) is 4.49. The molecular weight excluding hydrogens is 256 g/mol. The van der Waals surface area contributed by atoms with Crippen LogP contribution >= 0.6 is 15.9 Å². The Morgan fingerprint density at radius 2 is 2.07 bits per heavy atom. The number of ether oxygens (including phenoxy) is 1. The Bertz CT molecular complexity index is 436. The van der Waals surface area contributed by atoms with Crippen LogP contribution in [-0.4, -0.2) is 16.8 Å². The molecule has 0 aliphatic carbocycles. The predicted octanol–water partition coefficient (Wildman–Crippen LogP) is 3.24. The molecule has 0 saturated carbocycles. The van der Waals surface area contributed by atoms with Gasteiger partial charge in [0.1, 0.15) is 0 Å².